The van der Waals surface area contributed by atoms with E-state index in [1.54, 1.807) is 30.3 Å². The van der Waals surface area contributed by atoms with E-state index in [1.165, 1.54) is 12.1 Å². The van der Waals surface area contributed by atoms with Gasteiger partial charge in [-0.3, -0.25) is 0 Å². The van der Waals surface area contributed by atoms with Crippen LogP contribution in [-0.4, -0.2) is 11.5 Å². The molecule has 0 saturated heterocycles. The zero-order chi connectivity index (χ0) is 14.0. The predicted molar refractivity (Wildman–Crippen MR) is 71.7 cm³/mol. The standard InChI is InChI=1S/C14H14F2N2O/c15-14(16)13(19)9-3-1-8(2-4-9)10-5-11(17)7-12(18)6-10/h1-7,13-14,19H,17-18H2/t13-/m1/s1. The van der Waals surface area contributed by atoms with Gasteiger partial charge in [0.15, 0.2) is 0 Å². The second-order valence-electron chi connectivity index (χ2n) is 4.29. The first-order valence-electron chi connectivity index (χ1n) is 5.70. The quantitative estimate of drug-likeness (QED) is 0.746. The highest BCUT2D eigenvalue weighted by molar-refractivity contribution is 5.72. The molecule has 100 valence electrons. The second kappa shape index (κ2) is 5.24. The van der Waals surface area contributed by atoms with Gasteiger partial charge in [0.25, 0.3) is 6.43 Å². The average Bonchev–Trinajstić information content (AvgIpc) is 2.37. The van der Waals surface area contributed by atoms with E-state index in [2.05, 4.69) is 0 Å². The molecule has 2 rings (SSSR count). The molecule has 0 aliphatic carbocycles. The molecular weight excluding hydrogens is 250 g/mol. The fraction of sp³-hybridized carbons (Fsp3) is 0.143. The summed E-state index contributed by atoms with van der Waals surface area (Å²) in [7, 11) is 0. The number of alkyl halides is 2. The Hall–Kier alpha value is -2.14. The summed E-state index contributed by atoms with van der Waals surface area (Å²) in [6.07, 6.45) is -4.56. The Morgan fingerprint density at radius 3 is 1.84 bits per heavy atom. The van der Waals surface area contributed by atoms with Gasteiger partial charge >= 0.3 is 0 Å². The van der Waals surface area contributed by atoms with Crippen LogP contribution in [0.3, 0.4) is 0 Å². The number of nitrogen functional groups attached to an aromatic ring is 2. The lowest BCUT2D eigenvalue weighted by Crippen LogP contribution is -2.07. The molecule has 2 aromatic rings. The van der Waals surface area contributed by atoms with Crippen molar-refractivity contribution in [2.45, 2.75) is 12.5 Å². The molecule has 1 atom stereocenters. The van der Waals surface area contributed by atoms with Crippen LogP contribution in [0.5, 0.6) is 0 Å². The minimum atomic E-state index is -2.80. The summed E-state index contributed by atoms with van der Waals surface area (Å²) in [6.45, 7) is 0. The SMILES string of the molecule is Nc1cc(N)cc(-c2ccc([C@@H](O)C(F)F)cc2)c1. The van der Waals surface area contributed by atoms with Crippen LogP contribution < -0.4 is 11.5 Å². The van der Waals surface area contributed by atoms with Gasteiger partial charge < -0.3 is 16.6 Å². The molecule has 0 amide bonds. The summed E-state index contributed by atoms with van der Waals surface area (Å²) >= 11 is 0. The Bertz CT molecular complexity index is 550. The maximum atomic E-state index is 12.4. The molecule has 0 bridgehead atoms. The summed E-state index contributed by atoms with van der Waals surface area (Å²) < 4.78 is 24.7. The van der Waals surface area contributed by atoms with Crippen molar-refractivity contribution in [3.05, 3.63) is 48.0 Å². The van der Waals surface area contributed by atoms with Crippen LogP contribution in [0.2, 0.25) is 0 Å². The number of hydrogen-bond donors (Lipinski definition) is 3. The van der Waals surface area contributed by atoms with Gasteiger partial charge in [-0.1, -0.05) is 24.3 Å². The van der Waals surface area contributed by atoms with Crippen molar-refractivity contribution >= 4 is 11.4 Å². The fourth-order valence-electron chi connectivity index (χ4n) is 1.86. The van der Waals surface area contributed by atoms with Gasteiger partial charge in [-0.2, -0.15) is 0 Å². The molecule has 2 aromatic carbocycles. The topological polar surface area (TPSA) is 72.3 Å². The molecule has 0 aliphatic rings. The zero-order valence-electron chi connectivity index (χ0n) is 10.1. The molecule has 0 fully saturated rings. The van der Waals surface area contributed by atoms with E-state index in [1.807, 2.05) is 0 Å². The van der Waals surface area contributed by atoms with Crippen molar-refractivity contribution in [1.29, 1.82) is 0 Å². The lowest BCUT2D eigenvalue weighted by atomic mass is 10.0. The first kappa shape index (κ1) is 13.3. The van der Waals surface area contributed by atoms with Gasteiger partial charge in [0.2, 0.25) is 0 Å². The number of nitrogens with two attached hydrogens (primary N) is 2. The van der Waals surface area contributed by atoms with E-state index < -0.39 is 12.5 Å². The first-order chi connectivity index (χ1) is 8.97. The van der Waals surface area contributed by atoms with Gasteiger partial charge in [-0.05, 0) is 34.9 Å². The summed E-state index contributed by atoms with van der Waals surface area (Å²) in [4.78, 5) is 0. The monoisotopic (exact) mass is 264 g/mol. The molecule has 19 heavy (non-hydrogen) atoms. The van der Waals surface area contributed by atoms with Gasteiger partial charge in [-0.15, -0.1) is 0 Å². The fourth-order valence-corrected chi connectivity index (χ4v) is 1.86. The lowest BCUT2D eigenvalue weighted by Gasteiger charge is -2.11. The number of halogens is 2. The van der Waals surface area contributed by atoms with E-state index in [0.29, 0.717) is 11.4 Å². The molecule has 0 spiro atoms. The van der Waals surface area contributed by atoms with Gasteiger partial charge in [0.05, 0.1) is 0 Å². The van der Waals surface area contributed by atoms with Crippen molar-refractivity contribution in [2.75, 3.05) is 11.5 Å². The van der Waals surface area contributed by atoms with Crippen LogP contribution in [-0.2, 0) is 0 Å². The van der Waals surface area contributed by atoms with Crippen LogP contribution in [0.1, 0.15) is 11.7 Å². The number of hydrogen-bond acceptors (Lipinski definition) is 3. The number of aliphatic hydroxyl groups is 1. The van der Waals surface area contributed by atoms with E-state index >= 15 is 0 Å². The third-order valence-electron chi connectivity index (χ3n) is 2.80. The molecular formula is C14H14F2N2O. The molecule has 0 saturated carbocycles. The second-order valence-corrected chi connectivity index (χ2v) is 4.29. The third-order valence-corrected chi connectivity index (χ3v) is 2.80. The van der Waals surface area contributed by atoms with Gasteiger partial charge in [0, 0.05) is 11.4 Å². The maximum absolute atomic E-state index is 12.4. The molecule has 0 heterocycles. The van der Waals surface area contributed by atoms with Crippen molar-refractivity contribution in [2.24, 2.45) is 0 Å². The van der Waals surface area contributed by atoms with Gasteiger partial charge in [-0.25, -0.2) is 8.78 Å². The largest absolute Gasteiger partial charge is 0.399 e. The molecule has 0 aliphatic heterocycles. The minimum Gasteiger partial charge on any atom is -0.399 e. The van der Waals surface area contributed by atoms with E-state index in [4.69, 9.17) is 11.5 Å². The Morgan fingerprint density at radius 1 is 0.842 bits per heavy atom. The molecule has 3 nitrogen and oxygen atoms in total. The smallest absolute Gasteiger partial charge is 0.268 e. The van der Waals surface area contributed by atoms with Crippen LogP contribution >= 0.6 is 0 Å². The normalized spacial score (nSPS) is 12.6. The predicted octanol–water partition coefficient (Wildman–Crippen LogP) is 2.82. The molecule has 5 N–H and O–H groups in total. The number of anilines is 2. The third kappa shape index (κ3) is 3.00. The zero-order valence-corrected chi connectivity index (χ0v) is 10.1. The van der Waals surface area contributed by atoms with Crippen LogP contribution in [0.15, 0.2) is 42.5 Å². The van der Waals surface area contributed by atoms with E-state index in [9.17, 15) is 13.9 Å². The summed E-state index contributed by atoms with van der Waals surface area (Å²) in [5, 5.41) is 9.26. The highest BCUT2D eigenvalue weighted by Crippen LogP contribution is 2.27. The van der Waals surface area contributed by atoms with Crippen molar-refractivity contribution in [3.8, 4) is 11.1 Å². The van der Waals surface area contributed by atoms with Gasteiger partial charge in [0.1, 0.15) is 6.10 Å². The summed E-state index contributed by atoms with van der Waals surface area (Å²) in [6, 6.07) is 11.4. The number of aliphatic hydroxyl groups excluding tert-OH is 1. The maximum Gasteiger partial charge on any atom is 0.268 e. The molecule has 0 unspecified atom stereocenters. The molecule has 0 aromatic heterocycles. The van der Waals surface area contributed by atoms with Crippen molar-refractivity contribution in [1.82, 2.24) is 0 Å². The van der Waals surface area contributed by atoms with Crippen molar-refractivity contribution in [3.63, 3.8) is 0 Å². The Labute approximate surface area is 109 Å². The highest BCUT2D eigenvalue weighted by Gasteiger charge is 2.18. The minimum absolute atomic E-state index is 0.177. The number of rotatable bonds is 3. The Balaban J connectivity index is 2.32. The number of benzene rings is 2. The van der Waals surface area contributed by atoms with E-state index in [-0.39, 0.29) is 5.56 Å². The van der Waals surface area contributed by atoms with E-state index in [0.717, 1.165) is 11.1 Å². The van der Waals surface area contributed by atoms with Crippen LogP contribution in [0.25, 0.3) is 11.1 Å². The Morgan fingerprint density at radius 2 is 1.37 bits per heavy atom. The molecule has 0 radical (unpaired) electrons. The average molecular weight is 264 g/mol. The Kier molecular flexibility index (Phi) is 3.66. The molecule has 5 heteroatoms. The summed E-state index contributed by atoms with van der Waals surface area (Å²) in [5.74, 6) is 0. The summed E-state index contributed by atoms with van der Waals surface area (Å²) in [5.41, 5.74) is 14.2. The first-order valence-corrected chi connectivity index (χ1v) is 5.70. The lowest BCUT2D eigenvalue weighted by molar-refractivity contribution is -0.00577. The van der Waals surface area contributed by atoms with Crippen molar-refractivity contribution < 1.29 is 13.9 Å². The van der Waals surface area contributed by atoms with Crippen LogP contribution in [0, 0.1) is 0 Å². The van der Waals surface area contributed by atoms with Crippen LogP contribution in [0.4, 0.5) is 20.2 Å². The highest BCUT2D eigenvalue weighted by atomic mass is 19.3.